The van der Waals surface area contributed by atoms with Crippen LogP contribution in [0.3, 0.4) is 0 Å². The molecule has 28 heavy (non-hydrogen) atoms. The number of aromatic amines is 1. The number of hydrogen-bond donors (Lipinski definition) is 1. The van der Waals surface area contributed by atoms with Crippen LogP contribution in [0.1, 0.15) is 10.4 Å². The third kappa shape index (κ3) is 4.52. The molecule has 0 saturated carbocycles. The SMILES string of the molecule is C=CCNS(=O)(=O)c1cc(C(=O)N2CCN(c3cc[nH+]cc3)CC2)ccc1Cl. The summed E-state index contributed by atoms with van der Waals surface area (Å²) in [5, 5.41) is 0.0683. The average Bonchev–Trinajstić information content (AvgIpc) is 2.73. The number of benzene rings is 1. The minimum absolute atomic E-state index is 0.0683. The van der Waals surface area contributed by atoms with E-state index in [1.54, 1.807) is 11.0 Å². The molecule has 2 heterocycles. The molecule has 1 aromatic heterocycles. The van der Waals surface area contributed by atoms with Crippen LogP contribution in [-0.4, -0.2) is 51.9 Å². The first-order chi connectivity index (χ1) is 13.4. The Bertz CT molecular complexity index is 958. The maximum absolute atomic E-state index is 12.9. The van der Waals surface area contributed by atoms with E-state index in [1.165, 1.54) is 18.2 Å². The van der Waals surface area contributed by atoms with Gasteiger partial charge < -0.3 is 9.80 Å². The normalized spacial score (nSPS) is 14.8. The minimum Gasteiger partial charge on any atom is -0.368 e. The Morgan fingerprint density at radius 2 is 1.86 bits per heavy atom. The fourth-order valence-electron chi connectivity index (χ4n) is 3.03. The summed E-state index contributed by atoms with van der Waals surface area (Å²) in [5.74, 6) is -0.210. The number of anilines is 1. The molecule has 0 radical (unpaired) electrons. The van der Waals surface area contributed by atoms with Gasteiger partial charge in [-0.05, 0) is 18.2 Å². The van der Waals surface area contributed by atoms with Gasteiger partial charge in [-0.15, -0.1) is 6.58 Å². The van der Waals surface area contributed by atoms with Gasteiger partial charge in [0.25, 0.3) is 5.91 Å². The van der Waals surface area contributed by atoms with Crippen LogP contribution in [0.5, 0.6) is 0 Å². The van der Waals surface area contributed by atoms with Crippen molar-refractivity contribution in [2.24, 2.45) is 0 Å². The molecule has 3 rings (SSSR count). The zero-order valence-corrected chi connectivity index (χ0v) is 16.8. The smallest absolute Gasteiger partial charge is 0.254 e. The van der Waals surface area contributed by atoms with E-state index in [1.807, 2.05) is 24.5 Å². The number of sulfonamides is 1. The lowest BCUT2D eigenvalue weighted by atomic mass is 10.1. The molecular formula is C19H22ClN4O3S+. The van der Waals surface area contributed by atoms with Crippen LogP contribution in [0.15, 0.2) is 60.3 Å². The topological polar surface area (TPSA) is 83.9 Å². The van der Waals surface area contributed by atoms with Crippen molar-refractivity contribution >= 4 is 33.2 Å². The Balaban J connectivity index is 1.73. The maximum atomic E-state index is 12.9. The van der Waals surface area contributed by atoms with Crippen molar-refractivity contribution in [3.63, 3.8) is 0 Å². The lowest BCUT2D eigenvalue weighted by molar-refractivity contribution is -0.377. The Morgan fingerprint density at radius 1 is 1.18 bits per heavy atom. The number of H-pyrrole nitrogens is 1. The first-order valence-electron chi connectivity index (χ1n) is 8.83. The third-order valence-electron chi connectivity index (χ3n) is 4.52. The van der Waals surface area contributed by atoms with Crippen molar-refractivity contribution in [2.45, 2.75) is 4.90 Å². The summed E-state index contributed by atoms with van der Waals surface area (Å²) in [4.78, 5) is 19.7. The molecule has 7 nitrogen and oxygen atoms in total. The van der Waals surface area contributed by atoms with E-state index in [9.17, 15) is 13.2 Å². The van der Waals surface area contributed by atoms with Crippen molar-refractivity contribution in [3.8, 4) is 0 Å². The van der Waals surface area contributed by atoms with Crippen LogP contribution in [0, 0.1) is 0 Å². The molecule has 2 aromatic rings. The summed E-state index contributed by atoms with van der Waals surface area (Å²) < 4.78 is 27.1. The molecule has 1 aromatic carbocycles. The quantitative estimate of drug-likeness (QED) is 0.718. The maximum Gasteiger partial charge on any atom is 0.254 e. The fraction of sp³-hybridized carbons (Fsp3) is 0.263. The molecule has 0 bridgehead atoms. The number of rotatable bonds is 6. The molecule has 1 aliphatic heterocycles. The van der Waals surface area contributed by atoms with Crippen molar-refractivity contribution in [2.75, 3.05) is 37.6 Å². The van der Waals surface area contributed by atoms with E-state index in [-0.39, 0.29) is 22.4 Å². The summed E-state index contributed by atoms with van der Waals surface area (Å²) >= 11 is 6.06. The highest BCUT2D eigenvalue weighted by atomic mass is 35.5. The van der Waals surface area contributed by atoms with E-state index in [0.29, 0.717) is 31.7 Å². The molecule has 1 aliphatic rings. The number of carbonyl (C=O) groups excluding carboxylic acids is 1. The van der Waals surface area contributed by atoms with E-state index in [4.69, 9.17) is 11.6 Å². The summed E-state index contributed by atoms with van der Waals surface area (Å²) in [7, 11) is -3.82. The monoisotopic (exact) mass is 421 g/mol. The number of pyridine rings is 1. The Labute approximate surface area is 169 Å². The van der Waals surface area contributed by atoms with Crippen molar-refractivity contribution in [1.29, 1.82) is 0 Å². The van der Waals surface area contributed by atoms with E-state index < -0.39 is 10.0 Å². The number of nitrogens with one attached hydrogen (secondary N) is 2. The second-order valence-corrected chi connectivity index (χ2v) is 8.47. The van der Waals surface area contributed by atoms with E-state index >= 15 is 0 Å². The van der Waals surface area contributed by atoms with Gasteiger partial charge in [-0.2, -0.15) is 0 Å². The number of hydrogen-bond acceptors (Lipinski definition) is 4. The second-order valence-electron chi connectivity index (χ2n) is 6.32. The zero-order chi connectivity index (χ0) is 20.1. The number of halogens is 1. The van der Waals surface area contributed by atoms with Gasteiger partial charge in [0, 0.05) is 56.1 Å². The Morgan fingerprint density at radius 3 is 2.50 bits per heavy atom. The van der Waals surface area contributed by atoms with E-state index in [2.05, 4.69) is 21.2 Å². The summed E-state index contributed by atoms with van der Waals surface area (Å²) in [6.45, 7) is 6.08. The van der Waals surface area contributed by atoms with Crippen LogP contribution < -0.4 is 14.6 Å². The molecule has 0 spiro atoms. The Hall–Kier alpha value is -2.42. The highest BCUT2D eigenvalue weighted by Gasteiger charge is 2.25. The summed E-state index contributed by atoms with van der Waals surface area (Å²) in [6, 6.07) is 8.30. The van der Waals surface area contributed by atoms with Crippen molar-refractivity contribution in [1.82, 2.24) is 9.62 Å². The van der Waals surface area contributed by atoms with Crippen LogP contribution in [0.25, 0.3) is 0 Å². The molecule has 148 valence electrons. The third-order valence-corrected chi connectivity index (χ3v) is 6.42. The Kier molecular flexibility index (Phi) is 6.33. The molecule has 9 heteroatoms. The molecule has 0 atom stereocenters. The predicted molar refractivity (Wildman–Crippen MR) is 108 cm³/mol. The largest absolute Gasteiger partial charge is 0.368 e. The van der Waals surface area contributed by atoms with Gasteiger partial charge in [-0.3, -0.25) is 4.79 Å². The van der Waals surface area contributed by atoms with E-state index in [0.717, 1.165) is 5.69 Å². The molecule has 0 aliphatic carbocycles. The minimum atomic E-state index is -3.82. The van der Waals surface area contributed by atoms with Crippen molar-refractivity contribution < 1.29 is 18.2 Å². The van der Waals surface area contributed by atoms with Gasteiger partial charge in [0.2, 0.25) is 10.0 Å². The first kappa shape index (κ1) is 20.3. The average molecular weight is 422 g/mol. The van der Waals surface area contributed by atoms with Crippen LogP contribution in [-0.2, 0) is 10.0 Å². The van der Waals surface area contributed by atoms with Gasteiger partial charge in [0.05, 0.1) is 5.02 Å². The standard InChI is InChI=1S/C19H21ClN4O3S/c1-2-7-22-28(26,27)18-14-15(3-4-17(18)20)19(25)24-12-10-23(11-13-24)16-5-8-21-9-6-16/h2-6,8-9,14,22H,1,7,10-13H2/p+1. The number of carbonyl (C=O) groups is 1. The van der Waals surface area contributed by atoms with Crippen LogP contribution in [0.2, 0.25) is 5.02 Å². The van der Waals surface area contributed by atoms with Gasteiger partial charge in [0.15, 0.2) is 12.4 Å². The predicted octanol–water partition coefficient (Wildman–Crippen LogP) is 1.58. The molecular weight excluding hydrogens is 400 g/mol. The molecule has 1 fully saturated rings. The van der Waals surface area contributed by atoms with Gasteiger partial charge in [-0.1, -0.05) is 17.7 Å². The molecule has 1 amide bonds. The lowest BCUT2D eigenvalue weighted by Crippen LogP contribution is -2.48. The molecule has 2 N–H and O–H groups in total. The van der Waals surface area contributed by atoms with Crippen LogP contribution >= 0.6 is 11.6 Å². The fourth-order valence-corrected chi connectivity index (χ4v) is 4.55. The summed E-state index contributed by atoms with van der Waals surface area (Å²) in [5.41, 5.74) is 1.39. The number of amides is 1. The lowest BCUT2D eigenvalue weighted by Gasteiger charge is -2.35. The first-order valence-corrected chi connectivity index (χ1v) is 10.7. The van der Waals surface area contributed by atoms with Gasteiger partial charge >= 0.3 is 0 Å². The molecule has 1 saturated heterocycles. The highest BCUT2D eigenvalue weighted by molar-refractivity contribution is 7.89. The van der Waals surface area contributed by atoms with Crippen LogP contribution in [0.4, 0.5) is 5.69 Å². The molecule has 0 unspecified atom stereocenters. The van der Waals surface area contributed by atoms with Crippen molar-refractivity contribution in [3.05, 3.63) is 66.0 Å². The van der Waals surface area contributed by atoms with Gasteiger partial charge in [0.1, 0.15) is 4.90 Å². The summed E-state index contributed by atoms with van der Waals surface area (Å²) in [6.07, 6.45) is 5.16. The number of piperazine rings is 1. The zero-order valence-electron chi connectivity index (χ0n) is 15.3. The number of aromatic nitrogens is 1. The number of nitrogens with zero attached hydrogens (tertiary/aromatic N) is 2. The highest BCUT2D eigenvalue weighted by Crippen LogP contribution is 2.24. The second kappa shape index (κ2) is 8.72. The van der Waals surface area contributed by atoms with Gasteiger partial charge in [-0.25, -0.2) is 18.1 Å².